The van der Waals surface area contributed by atoms with E-state index in [1.807, 2.05) is 0 Å². The van der Waals surface area contributed by atoms with Gasteiger partial charge in [0.2, 0.25) is 5.75 Å². The van der Waals surface area contributed by atoms with Gasteiger partial charge in [0.25, 0.3) is 0 Å². The molecular formula is C19H19F3O5. The van der Waals surface area contributed by atoms with E-state index >= 15 is 0 Å². The molecule has 0 aliphatic rings. The monoisotopic (exact) mass is 384 g/mol. The summed E-state index contributed by atoms with van der Waals surface area (Å²) in [6, 6.07) is 7.01. The number of hydrogen-bond acceptors (Lipinski definition) is 5. The lowest BCUT2D eigenvalue weighted by molar-refractivity contribution is -0.137. The predicted octanol–water partition coefficient (Wildman–Crippen LogP) is 4.04. The number of rotatable bonds is 7. The molecule has 146 valence electrons. The third kappa shape index (κ3) is 4.51. The van der Waals surface area contributed by atoms with E-state index in [9.17, 15) is 23.1 Å². The minimum Gasteiger partial charge on any atom is -0.493 e. The van der Waals surface area contributed by atoms with Gasteiger partial charge in [0.05, 0.1) is 38.6 Å². The molecule has 5 nitrogen and oxygen atoms in total. The standard InChI is InChI=1S/C19H19F3O5/c1-25-16-9-8-13(17(26-2)18(16)27-3)15(24)10-14(23)11-4-6-12(7-5-11)19(20,21)22/h4-9,14,23H,10H2,1-3H3. The maximum Gasteiger partial charge on any atom is 0.416 e. The summed E-state index contributed by atoms with van der Waals surface area (Å²) in [6.07, 6.45) is -6.07. The number of alkyl halides is 3. The highest BCUT2D eigenvalue weighted by molar-refractivity contribution is 6.00. The molecule has 1 unspecified atom stereocenters. The minimum atomic E-state index is -4.47. The van der Waals surface area contributed by atoms with Crippen molar-refractivity contribution in [3.63, 3.8) is 0 Å². The van der Waals surface area contributed by atoms with Gasteiger partial charge in [0.1, 0.15) is 0 Å². The largest absolute Gasteiger partial charge is 0.493 e. The number of aliphatic hydroxyl groups is 1. The van der Waals surface area contributed by atoms with Crippen LogP contribution in [0, 0.1) is 0 Å². The quantitative estimate of drug-likeness (QED) is 0.730. The summed E-state index contributed by atoms with van der Waals surface area (Å²) in [5.74, 6) is 0.297. The lowest BCUT2D eigenvalue weighted by atomic mass is 9.98. The van der Waals surface area contributed by atoms with Gasteiger partial charge in [-0.1, -0.05) is 12.1 Å². The fourth-order valence-electron chi connectivity index (χ4n) is 2.62. The second kappa shape index (κ2) is 8.30. The van der Waals surface area contributed by atoms with Crippen LogP contribution in [0.25, 0.3) is 0 Å². The molecule has 0 bridgehead atoms. The van der Waals surface area contributed by atoms with Crippen LogP contribution in [0.15, 0.2) is 36.4 Å². The van der Waals surface area contributed by atoms with Gasteiger partial charge in [-0.25, -0.2) is 0 Å². The molecule has 0 saturated heterocycles. The normalized spacial score (nSPS) is 12.4. The zero-order valence-corrected chi connectivity index (χ0v) is 15.0. The molecule has 1 N–H and O–H groups in total. The number of carbonyl (C=O) groups excluding carboxylic acids is 1. The van der Waals surface area contributed by atoms with E-state index in [1.54, 1.807) is 0 Å². The van der Waals surface area contributed by atoms with Crippen LogP contribution < -0.4 is 14.2 Å². The Hall–Kier alpha value is -2.74. The zero-order chi connectivity index (χ0) is 20.2. The molecule has 0 heterocycles. The summed E-state index contributed by atoms with van der Waals surface area (Å²) in [4.78, 5) is 12.6. The summed E-state index contributed by atoms with van der Waals surface area (Å²) in [7, 11) is 4.19. The highest BCUT2D eigenvalue weighted by atomic mass is 19.4. The molecule has 0 aliphatic heterocycles. The number of ketones is 1. The van der Waals surface area contributed by atoms with Crippen molar-refractivity contribution in [2.75, 3.05) is 21.3 Å². The van der Waals surface area contributed by atoms with Crippen LogP contribution in [0.5, 0.6) is 17.2 Å². The van der Waals surface area contributed by atoms with Crippen molar-refractivity contribution >= 4 is 5.78 Å². The van der Waals surface area contributed by atoms with Crippen molar-refractivity contribution in [2.45, 2.75) is 18.7 Å². The Kier molecular flexibility index (Phi) is 6.32. The smallest absolute Gasteiger partial charge is 0.416 e. The fourth-order valence-corrected chi connectivity index (χ4v) is 2.62. The third-order valence-electron chi connectivity index (χ3n) is 4.01. The summed E-state index contributed by atoms with van der Waals surface area (Å²) in [5, 5.41) is 10.2. The van der Waals surface area contributed by atoms with Crippen LogP contribution >= 0.6 is 0 Å². The van der Waals surface area contributed by atoms with E-state index in [1.165, 1.54) is 33.5 Å². The molecule has 0 fully saturated rings. The second-order valence-corrected chi connectivity index (χ2v) is 5.64. The van der Waals surface area contributed by atoms with Crippen molar-refractivity contribution in [3.8, 4) is 17.2 Å². The van der Waals surface area contributed by atoms with Crippen molar-refractivity contribution in [2.24, 2.45) is 0 Å². The van der Waals surface area contributed by atoms with Gasteiger partial charge in [0, 0.05) is 6.42 Å². The number of benzene rings is 2. The molecule has 2 aromatic rings. The van der Waals surface area contributed by atoms with E-state index < -0.39 is 23.6 Å². The molecular weight excluding hydrogens is 365 g/mol. The summed E-state index contributed by atoms with van der Waals surface area (Å²) >= 11 is 0. The average Bonchev–Trinajstić information content (AvgIpc) is 2.65. The first-order valence-corrected chi connectivity index (χ1v) is 7.90. The van der Waals surface area contributed by atoms with Crippen LogP contribution in [0.1, 0.15) is 34.0 Å². The predicted molar refractivity (Wildman–Crippen MR) is 91.4 cm³/mol. The Labute approximate surface area is 154 Å². The minimum absolute atomic E-state index is 0.154. The lowest BCUT2D eigenvalue weighted by Gasteiger charge is -2.16. The maximum absolute atomic E-state index is 12.6. The maximum atomic E-state index is 12.6. The van der Waals surface area contributed by atoms with Gasteiger partial charge in [-0.05, 0) is 29.8 Å². The Morgan fingerprint density at radius 3 is 2.04 bits per heavy atom. The van der Waals surface area contributed by atoms with Crippen molar-refractivity contribution in [1.82, 2.24) is 0 Å². The van der Waals surface area contributed by atoms with Gasteiger partial charge < -0.3 is 19.3 Å². The highest BCUT2D eigenvalue weighted by Gasteiger charge is 2.30. The Morgan fingerprint density at radius 1 is 0.963 bits per heavy atom. The van der Waals surface area contributed by atoms with E-state index in [0.29, 0.717) is 5.75 Å². The Balaban J connectivity index is 2.24. The lowest BCUT2D eigenvalue weighted by Crippen LogP contribution is -2.10. The number of aliphatic hydroxyl groups excluding tert-OH is 1. The summed E-state index contributed by atoms with van der Waals surface area (Å²) in [5.41, 5.74) is -0.455. The van der Waals surface area contributed by atoms with E-state index in [-0.39, 0.29) is 29.0 Å². The fraction of sp³-hybridized carbons (Fsp3) is 0.316. The Morgan fingerprint density at radius 2 is 1.56 bits per heavy atom. The molecule has 2 rings (SSSR count). The zero-order valence-electron chi connectivity index (χ0n) is 15.0. The van der Waals surface area contributed by atoms with E-state index in [4.69, 9.17) is 14.2 Å². The van der Waals surface area contributed by atoms with Crippen LogP contribution in [0.3, 0.4) is 0 Å². The number of halogens is 3. The SMILES string of the molecule is COc1ccc(C(=O)CC(O)c2ccc(C(F)(F)F)cc2)c(OC)c1OC. The molecule has 2 aromatic carbocycles. The van der Waals surface area contributed by atoms with Crippen LogP contribution in [-0.4, -0.2) is 32.2 Å². The van der Waals surface area contributed by atoms with Crippen LogP contribution in [0.2, 0.25) is 0 Å². The van der Waals surface area contributed by atoms with Crippen LogP contribution in [-0.2, 0) is 6.18 Å². The summed E-state index contributed by atoms with van der Waals surface area (Å²) < 4.78 is 53.4. The molecule has 1 atom stereocenters. The topological polar surface area (TPSA) is 65.0 Å². The van der Waals surface area contributed by atoms with E-state index in [0.717, 1.165) is 24.3 Å². The molecule has 0 amide bonds. The first kappa shape index (κ1) is 20.6. The first-order chi connectivity index (χ1) is 12.7. The molecule has 27 heavy (non-hydrogen) atoms. The molecule has 0 radical (unpaired) electrons. The second-order valence-electron chi connectivity index (χ2n) is 5.64. The molecule has 0 aliphatic carbocycles. The van der Waals surface area contributed by atoms with Crippen molar-refractivity contribution < 1.29 is 37.3 Å². The van der Waals surface area contributed by atoms with Crippen molar-refractivity contribution in [1.29, 1.82) is 0 Å². The number of Topliss-reactive ketones (excluding diaryl/α,β-unsaturated/α-hetero) is 1. The van der Waals surface area contributed by atoms with E-state index in [2.05, 4.69) is 0 Å². The number of hydrogen-bond donors (Lipinski definition) is 1. The molecule has 0 saturated carbocycles. The molecule has 0 aromatic heterocycles. The third-order valence-corrected chi connectivity index (χ3v) is 4.01. The number of ether oxygens (including phenoxy) is 3. The molecule has 0 spiro atoms. The number of carbonyl (C=O) groups is 1. The molecule has 8 heteroatoms. The van der Waals surface area contributed by atoms with Gasteiger partial charge in [-0.2, -0.15) is 13.2 Å². The van der Waals surface area contributed by atoms with Gasteiger partial charge in [-0.3, -0.25) is 4.79 Å². The van der Waals surface area contributed by atoms with Crippen molar-refractivity contribution in [3.05, 3.63) is 53.1 Å². The average molecular weight is 384 g/mol. The van der Waals surface area contributed by atoms with Gasteiger partial charge in [0.15, 0.2) is 17.3 Å². The Bertz CT molecular complexity index is 800. The first-order valence-electron chi connectivity index (χ1n) is 7.90. The summed E-state index contributed by atoms with van der Waals surface area (Å²) in [6.45, 7) is 0. The van der Waals surface area contributed by atoms with Gasteiger partial charge >= 0.3 is 6.18 Å². The van der Waals surface area contributed by atoms with Crippen LogP contribution in [0.4, 0.5) is 13.2 Å². The highest BCUT2D eigenvalue weighted by Crippen LogP contribution is 2.40. The number of methoxy groups -OCH3 is 3. The van der Waals surface area contributed by atoms with Gasteiger partial charge in [-0.15, -0.1) is 0 Å².